The summed E-state index contributed by atoms with van der Waals surface area (Å²) in [5.41, 5.74) is 0. The lowest BCUT2D eigenvalue weighted by molar-refractivity contribution is 0.120. The highest BCUT2D eigenvalue weighted by molar-refractivity contribution is 5.80. The first-order valence-electron chi connectivity index (χ1n) is 9.97. The zero-order chi connectivity index (χ0) is 16.8. The second-order valence-electron chi connectivity index (χ2n) is 7.92. The highest BCUT2D eigenvalue weighted by Crippen LogP contribution is 2.35. The number of methoxy groups -OCH3 is 1. The largest absolute Gasteiger partial charge is 0.383 e. The van der Waals surface area contributed by atoms with E-state index in [2.05, 4.69) is 20.1 Å². The van der Waals surface area contributed by atoms with Crippen LogP contribution in [0.1, 0.15) is 38.5 Å². The van der Waals surface area contributed by atoms with Crippen molar-refractivity contribution in [3.05, 3.63) is 0 Å². The molecule has 3 rings (SSSR count). The number of guanidine groups is 1. The molecular formula is C19H36N4O. The van der Waals surface area contributed by atoms with Crippen LogP contribution in [0, 0.1) is 17.8 Å². The van der Waals surface area contributed by atoms with Gasteiger partial charge in [-0.05, 0) is 56.5 Å². The summed E-state index contributed by atoms with van der Waals surface area (Å²) in [5.74, 6) is 3.76. The standard InChI is InChI=1S/C19H36N4O/c1-20-19(23-14-17-5-3-4-6-18(17)15-23)21-13-16-7-9-22(10-8-16)11-12-24-2/h16-18H,3-15H2,1-2H3,(H,20,21). The fraction of sp³-hybridized carbons (Fsp3) is 0.947. The maximum absolute atomic E-state index is 5.19. The summed E-state index contributed by atoms with van der Waals surface area (Å²) in [4.78, 5) is 9.62. The highest BCUT2D eigenvalue weighted by atomic mass is 16.5. The molecule has 3 aliphatic rings. The summed E-state index contributed by atoms with van der Waals surface area (Å²) in [7, 11) is 3.73. The van der Waals surface area contributed by atoms with Gasteiger partial charge < -0.3 is 19.9 Å². The summed E-state index contributed by atoms with van der Waals surface area (Å²) < 4.78 is 5.19. The lowest BCUT2D eigenvalue weighted by Gasteiger charge is -2.32. The van der Waals surface area contributed by atoms with E-state index in [-0.39, 0.29) is 0 Å². The molecule has 0 bridgehead atoms. The quantitative estimate of drug-likeness (QED) is 0.616. The minimum absolute atomic E-state index is 0.783. The molecule has 0 spiro atoms. The molecule has 2 heterocycles. The summed E-state index contributed by atoms with van der Waals surface area (Å²) in [5, 5.41) is 3.68. The third kappa shape index (κ3) is 4.63. The van der Waals surface area contributed by atoms with Gasteiger partial charge in [0, 0.05) is 40.3 Å². The smallest absolute Gasteiger partial charge is 0.193 e. The summed E-state index contributed by atoms with van der Waals surface area (Å²) >= 11 is 0. The first-order valence-corrected chi connectivity index (χ1v) is 9.97. The van der Waals surface area contributed by atoms with E-state index in [0.717, 1.165) is 43.4 Å². The molecule has 0 radical (unpaired) electrons. The van der Waals surface area contributed by atoms with Crippen LogP contribution in [-0.2, 0) is 4.74 Å². The zero-order valence-electron chi connectivity index (χ0n) is 15.7. The molecule has 0 amide bonds. The summed E-state index contributed by atoms with van der Waals surface area (Å²) in [6.45, 7) is 7.88. The van der Waals surface area contributed by atoms with Crippen molar-refractivity contribution in [2.75, 3.05) is 60.0 Å². The van der Waals surface area contributed by atoms with Gasteiger partial charge in [0.2, 0.25) is 0 Å². The van der Waals surface area contributed by atoms with Crippen LogP contribution in [0.5, 0.6) is 0 Å². The predicted molar refractivity (Wildman–Crippen MR) is 99.4 cm³/mol. The fourth-order valence-corrected chi connectivity index (χ4v) is 4.78. The molecule has 2 atom stereocenters. The maximum Gasteiger partial charge on any atom is 0.193 e. The molecule has 5 heteroatoms. The Hall–Kier alpha value is -0.810. The summed E-state index contributed by atoms with van der Waals surface area (Å²) in [6, 6.07) is 0. The first-order chi connectivity index (χ1) is 11.8. The van der Waals surface area contributed by atoms with Crippen molar-refractivity contribution < 1.29 is 4.74 Å². The van der Waals surface area contributed by atoms with Crippen LogP contribution in [-0.4, -0.2) is 75.8 Å². The van der Waals surface area contributed by atoms with E-state index in [9.17, 15) is 0 Å². The van der Waals surface area contributed by atoms with Crippen molar-refractivity contribution in [1.82, 2.24) is 15.1 Å². The lowest BCUT2D eigenvalue weighted by atomic mass is 9.82. The number of likely N-dealkylation sites (tertiary alicyclic amines) is 2. The van der Waals surface area contributed by atoms with E-state index >= 15 is 0 Å². The molecule has 2 unspecified atom stereocenters. The molecule has 138 valence electrons. The number of piperidine rings is 1. The Morgan fingerprint density at radius 1 is 1.08 bits per heavy atom. The van der Waals surface area contributed by atoms with Gasteiger partial charge in [-0.1, -0.05) is 12.8 Å². The summed E-state index contributed by atoms with van der Waals surface area (Å²) in [6.07, 6.45) is 8.31. The minimum atomic E-state index is 0.783. The van der Waals surface area contributed by atoms with Crippen molar-refractivity contribution in [3.8, 4) is 0 Å². The molecule has 5 nitrogen and oxygen atoms in total. The Labute approximate surface area is 147 Å². The molecule has 2 aliphatic heterocycles. The third-order valence-electron chi connectivity index (χ3n) is 6.36. The monoisotopic (exact) mass is 336 g/mol. The van der Waals surface area contributed by atoms with E-state index in [1.165, 1.54) is 64.7 Å². The Balaban J connectivity index is 1.39. The number of rotatable bonds is 5. The highest BCUT2D eigenvalue weighted by Gasteiger charge is 2.35. The van der Waals surface area contributed by atoms with Gasteiger partial charge in [0.1, 0.15) is 0 Å². The van der Waals surface area contributed by atoms with Crippen molar-refractivity contribution in [2.45, 2.75) is 38.5 Å². The lowest BCUT2D eigenvalue weighted by Crippen LogP contribution is -2.44. The van der Waals surface area contributed by atoms with Gasteiger partial charge in [0.15, 0.2) is 5.96 Å². The molecule has 1 N–H and O–H groups in total. The Morgan fingerprint density at radius 2 is 1.75 bits per heavy atom. The van der Waals surface area contributed by atoms with E-state index in [1.807, 2.05) is 7.05 Å². The van der Waals surface area contributed by atoms with Crippen molar-refractivity contribution >= 4 is 5.96 Å². The number of ether oxygens (including phenoxy) is 1. The fourth-order valence-electron chi connectivity index (χ4n) is 4.78. The Morgan fingerprint density at radius 3 is 2.33 bits per heavy atom. The molecule has 1 saturated carbocycles. The van der Waals surface area contributed by atoms with Crippen LogP contribution in [0.4, 0.5) is 0 Å². The average Bonchev–Trinajstić information content (AvgIpc) is 3.05. The van der Waals surface area contributed by atoms with Gasteiger partial charge in [0.25, 0.3) is 0 Å². The third-order valence-corrected chi connectivity index (χ3v) is 6.36. The Bertz CT molecular complexity index is 392. The van der Waals surface area contributed by atoms with Crippen LogP contribution in [0.2, 0.25) is 0 Å². The van der Waals surface area contributed by atoms with Gasteiger partial charge in [-0.3, -0.25) is 4.99 Å². The van der Waals surface area contributed by atoms with E-state index < -0.39 is 0 Å². The van der Waals surface area contributed by atoms with Crippen LogP contribution in [0.15, 0.2) is 4.99 Å². The molecule has 0 aromatic heterocycles. The predicted octanol–water partition coefficient (Wildman–Crippen LogP) is 2.04. The maximum atomic E-state index is 5.19. The second-order valence-corrected chi connectivity index (χ2v) is 7.92. The van der Waals surface area contributed by atoms with Gasteiger partial charge in [-0.2, -0.15) is 0 Å². The first kappa shape index (κ1) is 18.0. The van der Waals surface area contributed by atoms with Gasteiger partial charge >= 0.3 is 0 Å². The molecule has 3 fully saturated rings. The van der Waals surface area contributed by atoms with Crippen LogP contribution < -0.4 is 5.32 Å². The van der Waals surface area contributed by atoms with Crippen molar-refractivity contribution in [3.63, 3.8) is 0 Å². The van der Waals surface area contributed by atoms with E-state index in [4.69, 9.17) is 4.74 Å². The Kier molecular flexibility index (Phi) is 6.78. The number of nitrogens with one attached hydrogen (secondary N) is 1. The van der Waals surface area contributed by atoms with Crippen molar-refractivity contribution in [1.29, 1.82) is 0 Å². The molecule has 24 heavy (non-hydrogen) atoms. The topological polar surface area (TPSA) is 40.1 Å². The number of hydrogen-bond acceptors (Lipinski definition) is 3. The van der Waals surface area contributed by atoms with E-state index in [1.54, 1.807) is 7.11 Å². The second kappa shape index (κ2) is 9.04. The SMILES string of the molecule is CN=C(NCC1CCN(CCOC)CC1)N1CC2CCCCC2C1. The number of nitrogens with zero attached hydrogens (tertiary/aromatic N) is 3. The van der Waals surface area contributed by atoms with Gasteiger partial charge in [-0.15, -0.1) is 0 Å². The molecular weight excluding hydrogens is 300 g/mol. The molecule has 0 aromatic rings. The van der Waals surface area contributed by atoms with Crippen molar-refractivity contribution in [2.24, 2.45) is 22.7 Å². The van der Waals surface area contributed by atoms with Crippen LogP contribution >= 0.6 is 0 Å². The van der Waals surface area contributed by atoms with Crippen LogP contribution in [0.25, 0.3) is 0 Å². The molecule has 2 saturated heterocycles. The van der Waals surface area contributed by atoms with Gasteiger partial charge in [-0.25, -0.2) is 0 Å². The van der Waals surface area contributed by atoms with E-state index in [0.29, 0.717) is 0 Å². The average molecular weight is 337 g/mol. The minimum Gasteiger partial charge on any atom is -0.383 e. The number of fused-ring (bicyclic) bond motifs is 1. The molecule has 1 aliphatic carbocycles. The molecule has 0 aromatic carbocycles. The number of hydrogen-bond donors (Lipinski definition) is 1. The normalized spacial score (nSPS) is 29.8. The number of aliphatic imine (C=N–C) groups is 1. The zero-order valence-corrected chi connectivity index (χ0v) is 15.7. The van der Waals surface area contributed by atoms with Crippen LogP contribution in [0.3, 0.4) is 0 Å². The van der Waals surface area contributed by atoms with Gasteiger partial charge in [0.05, 0.1) is 6.61 Å².